The first kappa shape index (κ1) is 34.3. The summed E-state index contributed by atoms with van der Waals surface area (Å²) in [4.78, 5) is 0.379. The van der Waals surface area contributed by atoms with Crippen LogP contribution in [0.1, 0.15) is 102 Å². The van der Waals surface area contributed by atoms with Crippen LogP contribution in [0.25, 0.3) is 0 Å². The van der Waals surface area contributed by atoms with E-state index < -0.39 is 39.0 Å². The van der Waals surface area contributed by atoms with Gasteiger partial charge in [0.05, 0.1) is 0 Å². The summed E-state index contributed by atoms with van der Waals surface area (Å²) < 4.78 is 62.1. The number of hydrogen-bond acceptors (Lipinski definition) is 4. The van der Waals surface area contributed by atoms with Gasteiger partial charge >= 0.3 is 245 Å². The molecular weight excluding hydrogens is 635 g/mol. The molecule has 2 rings (SSSR count). The van der Waals surface area contributed by atoms with Gasteiger partial charge in [0, 0.05) is 0 Å². The van der Waals surface area contributed by atoms with E-state index in [0.717, 1.165) is 75.3 Å². The molecule has 2 aromatic carbocycles. The zero-order chi connectivity index (χ0) is 28.8. The van der Waals surface area contributed by atoms with Gasteiger partial charge in [-0.3, -0.25) is 0 Å². The molecular formula is C30H50N2O4S2Sn. The van der Waals surface area contributed by atoms with Crippen molar-refractivity contribution in [2.75, 3.05) is 0 Å². The van der Waals surface area contributed by atoms with Crippen molar-refractivity contribution in [3.63, 3.8) is 0 Å². The van der Waals surface area contributed by atoms with Crippen LogP contribution in [-0.4, -0.2) is 35.8 Å². The third kappa shape index (κ3) is 12.2. The zero-order valence-corrected chi connectivity index (χ0v) is 29.0. The van der Waals surface area contributed by atoms with Crippen LogP contribution in [0.2, 0.25) is 8.87 Å². The van der Waals surface area contributed by atoms with Crippen molar-refractivity contribution >= 4 is 39.0 Å². The topological polar surface area (TPSA) is 92.3 Å². The average molecular weight is 686 g/mol. The van der Waals surface area contributed by atoms with Gasteiger partial charge in [-0.15, -0.1) is 0 Å². The predicted molar refractivity (Wildman–Crippen MR) is 165 cm³/mol. The number of sulfonamides is 2. The first-order valence-corrected chi connectivity index (χ1v) is 24.6. The molecule has 0 amide bonds. The molecule has 39 heavy (non-hydrogen) atoms. The van der Waals surface area contributed by atoms with E-state index in [0.29, 0.717) is 8.87 Å². The van der Waals surface area contributed by atoms with Gasteiger partial charge in [0.25, 0.3) is 0 Å². The second-order valence-corrected chi connectivity index (χ2v) is 26.8. The first-order valence-electron chi connectivity index (χ1n) is 14.7. The molecule has 220 valence electrons. The second kappa shape index (κ2) is 17.1. The van der Waals surface area contributed by atoms with Gasteiger partial charge in [-0.2, -0.15) is 0 Å². The number of rotatable bonds is 20. The molecule has 0 atom stereocenters. The van der Waals surface area contributed by atoms with E-state index in [2.05, 4.69) is 19.7 Å². The van der Waals surface area contributed by atoms with Crippen LogP contribution in [0.15, 0.2) is 58.3 Å². The van der Waals surface area contributed by atoms with Gasteiger partial charge in [0.1, 0.15) is 0 Å². The van der Waals surface area contributed by atoms with Crippen molar-refractivity contribution in [1.29, 1.82) is 0 Å². The maximum atomic E-state index is 13.7. The Bertz CT molecular complexity index is 1090. The number of nitrogens with one attached hydrogen (secondary N) is 2. The van der Waals surface area contributed by atoms with Crippen molar-refractivity contribution in [1.82, 2.24) is 5.89 Å². The van der Waals surface area contributed by atoms with E-state index in [9.17, 15) is 16.8 Å². The number of aryl methyl sites for hydroxylation is 2. The third-order valence-corrected chi connectivity index (χ3v) is 28.5. The van der Waals surface area contributed by atoms with Crippen molar-refractivity contribution in [2.45, 2.75) is 123 Å². The van der Waals surface area contributed by atoms with Crippen molar-refractivity contribution < 1.29 is 16.8 Å². The van der Waals surface area contributed by atoms with Gasteiger partial charge in [-0.05, 0) is 0 Å². The van der Waals surface area contributed by atoms with Gasteiger partial charge in [0.2, 0.25) is 0 Å². The molecule has 0 fully saturated rings. The van der Waals surface area contributed by atoms with Crippen LogP contribution >= 0.6 is 0 Å². The Morgan fingerprint density at radius 2 is 0.821 bits per heavy atom. The van der Waals surface area contributed by atoms with E-state index >= 15 is 0 Å². The maximum absolute atomic E-state index is 13.7. The van der Waals surface area contributed by atoms with Gasteiger partial charge < -0.3 is 0 Å². The minimum atomic E-state index is -4.27. The molecule has 0 bridgehead atoms. The van der Waals surface area contributed by atoms with Gasteiger partial charge in [0.15, 0.2) is 0 Å². The number of hydrogen-bond donors (Lipinski definition) is 2. The molecule has 0 aliphatic carbocycles. The van der Waals surface area contributed by atoms with Gasteiger partial charge in [-0.25, -0.2) is 0 Å². The van der Waals surface area contributed by atoms with E-state index in [-0.39, 0.29) is 9.79 Å². The summed E-state index contributed by atoms with van der Waals surface area (Å²) >= 11 is -4.27. The van der Waals surface area contributed by atoms with Crippen LogP contribution in [0.4, 0.5) is 0 Å². The fraction of sp³-hybridized carbons (Fsp3) is 0.600. The third-order valence-electron chi connectivity index (χ3n) is 7.24. The molecule has 0 spiro atoms. The fourth-order valence-electron chi connectivity index (χ4n) is 4.83. The molecule has 2 N–H and O–H groups in total. The Morgan fingerprint density at radius 1 is 0.513 bits per heavy atom. The van der Waals surface area contributed by atoms with Crippen LogP contribution in [-0.2, 0) is 20.0 Å². The standard InChI is InChI=1S/2C8H17.2C7H8NO2S.Sn/c2*1-3-5-7-8-6-4-2;2*1-6-2-4-7(5-3-6)11(8,9)10;/h2*1,3-8H2,2H3;2*2-5H,1H3,(H-,8,9,10);/q;;2*-1;+2. The summed E-state index contributed by atoms with van der Waals surface area (Å²) in [6.07, 6.45) is 12.8. The normalized spacial score (nSPS) is 12.6. The Morgan fingerprint density at radius 3 is 1.15 bits per heavy atom. The van der Waals surface area contributed by atoms with E-state index in [1.165, 1.54) is 12.8 Å². The van der Waals surface area contributed by atoms with Crippen molar-refractivity contribution in [3.05, 3.63) is 59.7 Å². The van der Waals surface area contributed by atoms with Gasteiger partial charge in [-0.1, -0.05) is 0 Å². The molecule has 0 radical (unpaired) electrons. The molecule has 0 aliphatic rings. The summed E-state index contributed by atoms with van der Waals surface area (Å²) in [6.45, 7) is 8.20. The number of unbranched alkanes of at least 4 members (excludes halogenated alkanes) is 10. The molecule has 9 heteroatoms. The molecule has 0 heterocycles. The Hall–Kier alpha value is -0.941. The molecule has 6 nitrogen and oxygen atoms in total. The number of benzene rings is 2. The average Bonchev–Trinajstić information content (AvgIpc) is 2.88. The summed E-state index contributed by atoms with van der Waals surface area (Å²) in [6, 6.07) is 13.6. The van der Waals surface area contributed by atoms with E-state index in [4.69, 9.17) is 0 Å². The Labute approximate surface area is 243 Å². The molecule has 0 aliphatic heterocycles. The summed E-state index contributed by atoms with van der Waals surface area (Å²) in [5, 5.41) is 0. The first-order chi connectivity index (χ1) is 18.5. The zero-order valence-electron chi connectivity index (χ0n) is 24.5. The predicted octanol–water partition coefficient (Wildman–Crippen LogP) is 7.72. The molecule has 0 aromatic heterocycles. The Balaban J connectivity index is 2.39. The minimum absolute atomic E-state index is 0.189. The molecule has 0 unspecified atom stereocenters. The van der Waals surface area contributed by atoms with Crippen LogP contribution in [0.5, 0.6) is 0 Å². The molecule has 0 saturated carbocycles. The summed E-state index contributed by atoms with van der Waals surface area (Å²) in [5.41, 5.74) is 1.95. The monoisotopic (exact) mass is 686 g/mol. The quantitative estimate of drug-likeness (QED) is 0.110. The summed E-state index contributed by atoms with van der Waals surface area (Å²) in [5.74, 6) is 0. The van der Waals surface area contributed by atoms with E-state index in [1.807, 2.05) is 13.8 Å². The summed E-state index contributed by atoms with van der Waals surface area (Å²) in [7, 11) is -7.76. The van der Waals surface area contributed by atoms with Crippen molar-refractivity contribution in [3.8, 4) is 0 Å². The van der Waals surface area contributed by atoms with E-state index in [1.54, 1.807) is 48.5 Å². The fourth-order valence-corrected chi connectivity index (χ4v) is 28.6. The van der Waals surface area contributed by atoms with Crippen molar-refractivity contribution in [2.24, 2.45) is 0 Å². The van der Waals surface area contributed by atoms with Crippen LogP contribution in [0.3, 0.4) is 0 Å². The van der Waals surface area contributed by atoms with Crippen LogP contribution in [0, 0.1) is 13.8 Å². The van der Waals surface area contributed by atoms with Crippen LogP contribution < -0.4 is 5.89 Å². The SMILES string of the molecule is CCCCCCC[CH2][Sn]([CH2]CCCCCCC)([NH]S(=O)(=O)c1ccc(C)cc1)[NH]S(=O)(=O)c1ccc(C)cc1. The molecule has 2 aromatic rings. The molecule has 0 saturated heterocycles. The second-order valence-electron chi connectivity index (χ2n) is 11.0. The Kier molecular flexibility index (Phi) is 15.0.